The van der Waals surface area contributed by atoms with E-state index in [9.17, 15) is 8.78 Å². The summed E-state index contributed by atoms with van der Waals surface area (Å²) in [5.74, 6) is -0.701. The molecule has 1 aliphatic rings. The van der Waals surface area contributed by atoms with Gasteiger partial charge in [0.25, 0.3) is 0 Å². The van der Waals surface area contributed by atoms with Crippen molar-refractivity contribution in [3.05, 3.63) is 47.2 Å². The maximum Gasteiger partial charge on any atom is 0.217 e. The van der Waals surface area contributed by atoms with E-state index in [0.717, 1.165) is 24.5 Å². The highest BCUT2D eigenvalue weighted by Crippen LogP contribution is 2.39. The Morgan fingerprint density at radius 1 is 1.22 bits per heavy atom. The van der Waals surface area contributed by atoms with Crippen molar-refractivity contribution in [2.75, 3.05) is 0 Å². The van der Waals surface area contributed by atoms with Crippen LogP contribution in [0.3, 0.4) is 0 Å². The molecule has 0 fully saturated rings. The standard InChI is InChI=1S/C18H20F2N2O/c1-10(21)16-9-14(12-5-4-11(19)8-15(12)20)13-6-7-18(2,3)23-17(13)22-16/h4-5,8-10H,6-7,21H2,1-3H3. The molecule has 122 valence electrons. The van der Waals surface area contributed by atoms with E-state index in [1.165, 1.54) is 12.1 Å². The second-order valence-electron chi connectivity index (χ2n) is 6.65. The van der Waals surface area contributed by atoms with Crippen LogP contribution in [0.25, 0.3) is 11.1 Å². The number of rotatable bonds is 2. The van der Waals surface area contributed by atoms with Crippen LogP contribution in [0.1, 0.15) is 44.5 Å². The van der Waals surface area contributed by atoms with Crippen LogP contribution in [0.2, 0.25) is 0 Å². The Hall–Kier alpha value is -2.01. The van der Waals surface area contributed by atoms with E-state index in [4.69, 9.17) is 10.5 Å². The van der Waals surface area contributed by atoms with Crippen LogP contribution in [0.5, 0.6) is 5.88 Å². The van der Waals surface area contributed by atoms with Gasteiger partial charge in [-0.3, -0.25) is 0 Å². The molecule has 3 nitrogen and oxygen atoms in total. The number of benzene rings is 1. The third-order valence-electron chi connectivity index (χ3n) is 4.14. The van der Waals surface area contributed by atoms with Gasteiger partial charge in [-0.1, -0.05) is 0 Å². The monoisotopic (exact) mass is 318 g/mol. The first-order valence-electron chi connectivity index (χ1n) is 7.71. The van der Waals surface area contributed by atoms with Crippen LogP contribution in [-0.2, 0) is 6.42 Å². The summed E-state index contributed by atoms with van der Waals surface area (Å²) in [6.45, 7) is 5.80. The van der Waals surface area contributed by atoms with Crippen molar-refractivity contribution in [1.29, 1.82) is 0 Å². The van der Waals surface area contributed by atoms with E-state index < -0.39 is 11.6 Å². The highest BCUT2D eigenvalue weighted by atomic mass is 19.1. The van der Waals surface area contributed by atoms with Gasteiger partial charge in [0.05, 0.1) is 5.69 Å². The minimum atomic E-state index is -0.598. The molecule has 5 heteroatoms. The third-order valence-corrected chi connectivity index (χ3v) is 4.14. The summed E-state index contributed by atoms with van der Waals surface area (Å²) >= 11 is 0. The third kappa shape index (κ3) is 3.06. The summed E-state index contributed by atoms with van der Waals surface area (Å²) < 4.78 is 33.4. The number of ether oxygens (including phenoxy) is 1. The fourth-order valence-electron chi connectivity index (χ4n) is 2.81. The zero-order chi connectivity index (χ0) is 16.8. The van der Waals surface area contributed by atoms with Gasteiger partial charge in [0.15, 0.2) is 0 Å². The maximum atomic E-state index is 14.3. The molecule has 2 heterocycles. The van der Waals surface area contributed by atoms with Crippen molar-refractivity contribution in [2.24, 2.45) is 5.73 Å². The molecule has 1 unspecified atom stereocenters. The Kier molecular flexibility index (Phi) is 3.84. The molecule has 2 aromatic rings. The minimum absolute atomic E-state index is 0.309. The molecule has 1 aromatic heterocycles. The topological polar surface area (TPSA) is 48.1 Å². The highest BCUT2D eigenvalue weighted by molar-refractivity contribution is 5.70. The van der Waals surface area contributed by atoms with E-state index in [1.54, 1.807) is 6.07 Å². The first kappa shape index (κ1) is 15.9. The molecule has 0 radical (unpaired) electrons. The Bertz CT molecular complexity index is 757. The van der Waals surface area contributed by atoms with E-state index in [0.29, 0.717) is 22.7 Å². The Labute approximate surface area is 134 Å². The van der Waals surface area contributed by atoms with Gasteiger partial charge in [-0.2, -0.15) is 0 Å². The lowest BCUT2D eigenvalue weighted by Crippen LogP contribution is -2.33. The number of nitrogens with two attached hydrogens (primary N) is 1. The number of hydrogen-bond acceptors (Lipinski definition) is 3. The van der Waals surface area contributed by atoms with Crippen LogP contribution < -0.4 is 10.5 Å². The van der Waals surface area contributed by atoms with Crippen LogP contribution >= 0.6 is 0 Å². The number of halogens is 2. The molecule has 0 bridgehead atoms. The molecule has 2 N–H and O–H groups in total. The lowest BCUT2D eigenvalue weighted by Gasteiger charge is -2.33. The van der Waals surface area contributed by atoms with Gasteiger partial charge >= 0.3 is 0 Å². The van der Waals surface area contributed by atoms with Gasteiger partial charge in [0.2, 0.25) is 5.88 Å². The summed E-state index contributed by atoms with van der Waals surface area (Å²) in [6.07, 6.45) is 1.52. The summed E-state index contributed by atoms with van der Waals surface area (Å²) in [4.78, 5) is 4.50. The Morgan fingerprint density at radius 3 is 2.61 bits per heavy atom. The molecule has 23 heavy (non-hydrogen) atoms. The number of aromatic nitrogens is 1. The van der Waals surface area contributed by atoms with Gasteiger partial charge in [0.1, 0.15) is 17.2 Å². The fraction of sp³-hybridized carbons (Fsp3) is 0.389. The molecule has 1 atom stereocenters. The van der Waals surface area contributed by atoms with Crippen molar-refractivity contribution in [3.8, 4) is 17.0 Å². The predicted molar refractivity (Wildman–Crippen MR) is 85.2 cm³/mol. The summed E-state index contributed by atoms with van der Waals surface area (Å²) in [5, 5.41) is 0. The number of pyridine rings is 1. The van der Waals surface area contributed by atoms with Crippen molar-refractivity contribution in [1.82, 2.24) is 4.98 Å². The average Bonchev–Trinajstić information content (AvgIpc) is 2.44. The van der Waals surface area contributed by atoms with Gasteiger partial charge in [-0.05, 0) is 57.4 Å². The number of hydrogen-bond donors (Lipinski definition) is 1. The van der Waals surface area contributed by atoms with E-state index >= 15 is 0 Å². The van der Waals surface area contributed by atoms with Crippen molar-refractivity contribution in [2.45, 2.75) is 45.3 Å². The normalized spacial score (nSPS) is 17.3. The zero-order valence-electron chi connectivity index (χ0n) is 13.5. The molecule has 1 aliphatic heterocycles. The first-order chi connectivity index (χ1) is 10.8. The van der Waals surface area contributed by atoms with Crippen molar-refractivity contribution < 1.29 is 13.5 Å². The van der Waals surface area contributed by atoms with Gasteiger partial charge < -0.3 is 10.5 Å². The van der Waals surface area contributed by atoms with Gasteiger partial charge in [-0.25, -0.2) is 13.8 Å². The highest BCUT2D eigenvalue weighted by Gasteiger charge is 2.30. The molecular weight excluding hydrogens is 298 g/mol. The van der Waals surface area contributed by atoms with Crippen LogP contribution in [0.15, 0.2) is 24.3 Å². The average molecular weight is 318 g/mol. The Morgan fingerprint density at radius 2 is 1.96 bits per heavy atom. The van der Waals surface area contributed by atoms with Gasteiger partial charge in [0, 0.05) is 23.2 Å². The first-order valence-corrected chi connectivity index (χ1v) is 7.71. The Balaban J connectivity index is 2.21. The number of nitrogens with zero attached hydrogens (tertiary/aromatic N) is 1. The molecule has 0 aliphatic carbocycles. The van der Waals surface area contributed by atoms with E-state index in [-0.39, 0.29) is 11.6 Å². The smallest absolute Gasteiger partial charge is 0.217 e. The second-order valence-corrected chi connectivity index (χ2v) is 6.65. The van der Waals surface area contributed by atoms with E-state index in [2.05, 4.69) is 4.98 Å². The molecule has 0 amide bonds. The summed E-state index contributed by atoms with van der Waals surface area (Å²) in [7, 11) is 0. The minimum Gasteiger partial charge on any atom is -0.471 e. The van der Waals surface area contributed by atoms with Crippen LogP contribution in [0.4, 0.5) is 8.78 Å². The predicted octanol–water partition coefficient (Wildman–Crippen LogP) is 4.15. The van der Waals surface area contributed by atoms with Crippen molar-refractivity contribution in [3.63, 3.8) is 0 Å². The molecule has 3 rings (SSSR count). The second kappa shape index (κ2) is 5.57. The summed E-state index contributed by atoms with van der Waals surface area (Å²) in [5.41, 5.74) is 8.12. The molecule has 1 aromatic carbocycles. The van der Waals surface area contributed by atoms with E-state index in [1.807, 2.05) is 20.8 Å². The molecule has 0 saturated heterocycles. The van der Waals surface area contributed by atoms with Gasteiger partial charge in [-0.15, -0.1) is 0 Å². The fourth-order valence-corrected chi connectivity index (χ4v) is 2.81. The largest absolute Gasteiger partial charge is 0.471 e. The lowest BCUT2D eigenvalue weighted by atomic mass is 9.90. The molecule has 0 spiro atoms. The van der Waals surface area contributed by atoms with Crippen molar-refractivity contribution >= 4 is 0 Å². The SMILES string of the molecule is CC(N)c1cc(-c2ccc(F)cc2F)c2c(n1)OC(C)(C)CC2. The summed E-state index contributed by atoms with van der Waals surface area (Å²) in [6, 6.07) is 5.06. The maximum absolute atomic E-state index is 14.3. The lowest BCUT2D eigenvalue weighted by molar-refractivity contribution is 0.0781. The quantitative estimate of drug-likeness (QED) is 0.905. The van der Waals surface area contributed by atoms with Crippen LogP contribution in [-0.4, -0.2) is 10.6 Å². The zero-order valence-corrected chi connectivity index (χ0v) is 13.5. The molecule has 0 saturated carbocycles. The van der Waals surface area contributed by atoms with Crippen LogP contribution in [0, 0.1) is 11.6 Å². The molecular formula is C18H20F2N2O. The number of fused-ring (bicyclic) bond motifs is 1.